The van der Waals surface area contributed by atoms with Gasteiger partial charge < -0.3 is 59.8 Å². The van der Waals surface area contributed by atoms with Crippen LogP contribution in [0.5, 0.6) is 23.0 Å². The number of hydrogen-bond donors (Lipinski definition) is 8. The molecule has 1 aliphatic carbocycles. The van der Waals surface area contributed by atoms with Crippen molar-refractivity contribution in [3.63, 3.8) is 0 Å². The summed E-state index contributed by atoms with van der Waals surface area (Å²) in [5.74, 6) is -1.25. The van der Waals surface area contributed by atoms with Crippen LogP contribution in [0.2, 0.25) is 0 Å². The fourth-order valence-electron chi connectivity index (χ4n) is 5.34. The fraction of sp³-hybridized carbons (Fsp3) is 0.538. The van der Waals surface area contributed by atoms with E-state index < -0.39 is 68.0 Å². The minimum atomic E-state index is -1.69. The third-order valence-corrected chi connectivity index (χ3v) is 7.47. The van der Waals surface area contributed by atoms with E-state index in [1.807, 2.05) is 0 Å². The van der Waals surface area contributed by atoms with Gasteiger partial charge in [0.15, 0.2) is 23.0 Å². The van der Waals surface area contributed by atoms with Crippen molar-refractivity contribution >= 4 is 0 Å². The van der Waals surface area contributed by atoms with Gasteiger partial charge in [0.1, 0.15) is 24.4 Å². The molecule has 4 rings (SSSR count). The highest BCUT2D eigenvalue weighted by molar-refractivity contribution is 5.55. The van der Waals surface area contributed by atoms with Crippen molar-refractivity contribution in [1.29, 1.82) is 0 Å². The summed E-state index contributed by atoms with van der Waals surface area (Å²) in [7, 11) is 2.76. The Bertz CT molecular complexity index is 1120. The van der Waals surface area contributed by atoms with Crippen molar-refractivity contribution in [3.05, 3.63) is 47.0 Å². The molecule has 0 amide bonds. The van der Waals surface area contributed by atoms with E-state index in [4.69, 9.17) is 18.9 Å². The van der Waals surface area contributed by atoms with Gasteiger partial charge in [0.2, 0.25) is 6.29 Å². The predicted octanol–water partition coefficient (Wildman–Crippen LogP) is -1.39. The number of aromatic hydroxyl groups is 1. The highest BCUT2D eigenvalue weighted by Crippen LogP contribution is 2.49. The molecule has 0 unspecified atom stereocenters. The van der Waals surface area contributed by atoms with Crippen LogP contribution in [0.3, 0.4) is 0 Å². The number of methoxy groups -OCH3 is 2. The van der Waals surface area contributed by atoms with Crippen LogP contribution in [0.25, 0.3) is 0 Å². The summed E-state index contributed by atoms with van der Waals surface area (Å²) in [5, 5.41) is 82.1. The number of aliphatic hydroxyl groups is 7. The van der Waals surface area contributed by atoms with E-state index in [9.17, 15) is 40.9 Å². The Hall–Kier alpha value is -2.68. The average molecular weight is 539 g/mol. The van der Waals surface area contributed by atoms with E-state index in [0.717, 1.165) is 0 Å². The largest absolute Gasteiger partial charge is 0.504 e. The van der Waals surface area contributed by atoms with Crippen LogP contribution in [0.4, 0.5) is 0 Å². The molecule has 8 N–H and O–H groups in total. The van der Waals surface area contributed by atoms with Gasteiger partial charge in [-0.2, -0.15) is 0 Å². The first kappa shape index (κ1) is 28.3. The highest BCUT2D eigenvalue weighted by atomic mass is 16.7. The molecule has 2 aliphatic rings. The Morgan fingerprint density at radius 2 is 1.61 bits per heavy atom. The molecule has 0 bridgehead atoms. The van der Waals surface area contributed by atoms with E-state index in [-0.39, 0.29) is 29.4 Å². The number of phenols is 1. The monoisotopic (exact) mass is 538 g/mol. The number of rotatable bonds is 8. The Morgan fingerprint density at radius 3 is 2.21 bits per heavy atom. The van der Waals surface area contributed by atoms with E-state index in [2.05, 4.69) is 0 Å². The highest BCUT2D eigenvalue weighted by Gasteiger charge is 2.48. The van der Waals surface area contributed by atoms with Crippen LogP contribution >= 0.6 is 0 Å². The van der Waals surface area contributed by atoms with Crippen molar-refractivity contribution < 1.29 is 59.8 Å². The Kier molecular flexibility index (Phi) is 8.35. The van der Waals surface area contributed by atoms with Gasteiger partial charge in [0.05, 0.1) is 33.0 Å². The summed E-state index contributed by atoms with van der Waals surface area (Å²) in [5.41, 5.74) is 0.0504. The summed E-state index contributed by atoms with van der Waals surface area (Å²) in [6.07, 6.45) is -7.54. The maximum absolute atomic E-state index is 11.3. The first-order valence-corrected chi connectivity index (χ1v) is 12.1. The van der Waals surface area contributed by atoms with Crippen molar-refractivity contribution in [2.45, 2.75) is 48.6 Å². The van der Waals surface area contributed by atoms with E-state index in [1.165, 1.54) is 20.3 Å². The SMILES string of the molecule is COc1cc([C@H]2c3cc(O[C@@H]4O[C@H](CO)[C@@H](O)[C@H](O)[C@H]4O)c(OC)cc3C[C@@](O)(CO)[C@@H]2CO)ccc1O. The van der Waals surface area contributed by atoms with Crippen LogP contribution in [-0.4, -0.2) is 111 Å². The molecule has 1 aliphatic heterocycles. The molecule has 0 saturated carbocycles. The second-order valence-corrected chi connectivity index (χ2v) is 9.65. The van der Waals surface area contributed by atoms with Gasteiger partial charge in [-0.25, -0.2) is 0 Å². The van der Waals surface area contributed by atoms with Crippen LogP contribution in [0, 0.1) is 5.92 Å². The van der Waals surface area contributed by atoms with Crippen LogP contribution < -0.4 is 14.2 Å². The van der Waals surface area contributed by atoms with E-state index in [1.54, 1.807) is 24.3 Å². The zero-order valence-electron chi connectivity index (χ0n) is 21.0. The van der Waals surface area contributed by atoms with Crippen LogP contribution in [0.1, 0.15) is 22.6 Å². The van der Waals surface area contributed by atoms with Crippen LogP contribution in [0.15, 0.2) is 30.3 Å². The average Bonchev–Trinajstić information content (AvgIpc) is 2.92. The van der Waals surface area contributed by atoms with Gasteiger partial charge in [-0.05, 0) is 41.0 Å². The molecular weight excluding hydrogens is 504 g/mol. The van der Waals surface area contributed by atoms with E-state index in [0.29, 0.717) is 16.7 Å². The molecule has 12 nitrogen and oxygen atoms in total. The lowest BCUT2D eigenvalue weighted by molar-refractivity contribution is -0.277. The predicted molar refractivity (Wildman–Crippen MR) is 130 cm³/mol. The zero-order valence-corrected chi connectivity index (χ0v) is 21.0. The smallest absolute Gasteiger partial charge is 0.229 e. The lowest BCUT2D eigenvalue weighted by atomic mass is 9.64. The van der Waals surface area contributed by atoms with Gasteiger partial charge in [0.25, 0.3) is 0 Å². The standard InChI is InChI=1S/C26H34O12/c1-35-17-5-12(3-4-16(17)30)21-14-7-19(37-25-24(33)23(32)22(31)20(10-28)38-25)18(36-2)6-13(14)8-26(34,11-29)15(21)9-27/h3-7,15,20-25,27-34H,8-11H2,1-2H3/t15-,20-,21+,22-,23+,24-,25-,26-/m1/s1. The Balaban J connectivity index is 1.83. The van der Waals surface area contributed by atoms with Crippen LogP contribution in [-0.2, 0) is 11.2 Å². The lowest BCUT2D eigenvalue weighted by Crippen LogP contribution is -2.60. The Labute approximate surface area is 218 Å². The maximum atomic E-state index is 11.3. The first-order chi connectivity index (χ1) is 18.1. The molecule has 38 heavy (non-hydrogen) atoms. The third kappa shape index (κ3) is 4.90. The molecular formula is C26H34O12. The molecule has 12 heteroatoms. The molecule has 2 aromatic carbocycles. The third-order valence-electron chi connectivity index (χ3n) is 7.47. The minimum absolute atomic E-state index is 0.0214. The Morgan fingerprint density at radius 1 is 0.895 bits per heavy atom. The van der Waals surface area contributed by atoms with Gasteiger partial charge in [-0.3, -0.25) is 0 Å². The summed E-state index contributed by atoms with van der Waals surface area (Å²) in [6, 6.07) is 7.77. The zero-order chi connectivity index (χ0) is 27.8. The first-order valence-electron chi connectivity index (χ1n) is 12.1. The van der Waals surface area contributed by atoms with Gasteiger partial charge in [-0.15, -0.1) is 0 Å². The van der Waals surface area contributed by atoms with Crippen molar-refractivity contribution in [2.24, 2.45) is 5.92 Å². The lowest BCUT2D eigenvalue weighted by Gasteiger charge is -2.45. The topological polar surface area (TPSA) is 199 Å². The second kappa shape index (κ2) is 11.2. The second-order valence-electron chi connectivity index (χ2n) is 9.65. The van der Waals surface area contributed by atoms with Gasteiger partial charge in [0, 0.05) is 24.9 Å². The molecule has 210 valence electrons. The molecule has 1 fully saturated rings. The summed E-state index contributed by atoms with van der Waals surface area (Å²) < 4.78 is 22.1. The number of ether oxygens (including phenoxy) is 4. The van der Waals surface area contributed by atoms with Crippen molar-refractivity contribution in [3.8, 4) is 23.0 Å². The summed E-state index contributed by atoms with van der Waals surface area (Å²) in [6.45, 7) is -1.75. The van der Waals surface area contributed by atoms with E-state index >= 15 is 0 Å². The minimum Gasteiger partial charge on any atom is -0.504 e. The van der Waals surface area contributed by atoms with Crippen molar-refractivity contribution in [2.75, 3.05) is 34.0 Å². The normalized spacial score (nSPS) is 32.9. The molecule has 0 radical (unpaired) electrons. The maximum Gasteiger partial charge on any atom is 0.229 e. The molecule has 0 aromatic heterocycles. The van der Waals surface area contributed by atoms with Gasteiger partial charge in [-0.1, -0.05) is 6.07 Å². The fourth-order valence-corrected chi connectivity index (χ4v) is 5.34. The van der Waals surface area contributed by atoms with Gasteiger partial charge >= 0.3 is 0 Å². The molecule has 1 heterocycles. The van der Waals surface area contributed by atoms with Crippen molar-refractivity contribution in [1.82, 2.24) is 0 Å². The summed E-state index contributed by atoms with van der Waals surface area (Å²) in [4.78, 5) is 0. The number of hydrogen-bond acceptors (Lipinski definition) is 12. The number of phenolic OH excluding ortho intramolecular Hbond substituents is 1. The molecule has 8 atom stereocenters. The number of aliphatic hydroxyl groups excluding tert-OH is 6. The number of fused-ring (bicyclic) bond motifs is 1. The summed E-state index contributed by atoms with van der Waals surface area (Å²) >= 11 is 0. The molecule has 0 spiro atoms. The molecule has 2 aromatic rings. The molecule has 1 saturated heterocycles. The number of benzene rings is 2. The quantitative estimate of drug-likeness (QED) is 0.196.